The van der Waals surface area contributed by atoms with Crippen LogP contribution in [0.25, 0.3) is 0 Å². The lowest BCUT2D eigenvalue weighted by atomic mass is 10.2. The Labute approximate surface area is 91.2 Å². The molecule has 0 radical (unpaired) electrons. The van der Waals surface area contributed by atoms with Crippen molar-refractivity contribution in [2.45, 2.75) is 19.8 Å². The molecule has 0 bridgehead atoms. The normalized spacial score (nSPS) is 10.1. The summed E-state index contributed by atoms with van der Waals surface area (Å²) in [6, 6.07) is 0. The highest BCUT2D eigenvalue weighted by Gasteiger charge is 2.11. The van der Waals surface area contributed by atoms with E-state index in [4.69, 9.17) is 4.52 Å². The molecule has 0 spiro atoms. The average Bonchev–Trinajstić information content (AvgIpc) is 2.59. The zero-order chi connectivity index (χ0) is 10.4. The molecular formula is C9H13BrN2O2. The Morgan fingerprint density at radius 2 is 2.43 bits per heavy atom. The molecule has 1 rings (SSSR count). The highest BCUT2D eigenvalue weighted by atomic mass is 79.9. The number of hydrogen-bond donors (Lipinski definition) is 1. The summed E-state index contributed by atoms with van der Waals surface area (Å²) < 4.78 is 4.79. The van der Waals surface area contributed by atoms with Gasteiger partial charge in [0.15, 0.2) is 0 Å². The van der Waals surface area contributed by atoms with Gasteiger partial charge in [0, 0.05) is 11.9 Å². The van der Waals surface area contributed by atoms with Crippen LogP contribution < -0.4 is 5.32 Å². The second-order valence-corrected chi connectivity index (χ2v) is 3.74. The molecule has 0 aliphatic carbocycles. The number of unbranched alkanes of at least 4 members (excludes halogenated alkanes) is 1. The van der Waals surface area contributed by atoms with Crippen molar-refractivity contribution in [2.75, 3.05) is 11.9 Å². The molecule has 1 N–H and O–H groups in total. The van der Waals surface area contributed by atoms with Crippen LogP contribution in [-0.4, -0.2) is 22.9 Å². The summed E-state index contributed by atoms with van der Waals surface area (Å²) in [7, 11) is 0. The van der Waals surface area contributed by atoms with E-state index in [1.54, 1.807) is 6.92 Å². The van der Waals surface area contributed by atoms with Crippen LogP contribution in [0.5, 0.6) is 0 Å². The molecule has 4 nitrogen and oxygen atoms in total. The van der Waals surface area contributed by atoms with E-state index in [1.165, 1.54) is 6.20 Å². The van der Waals surface area contributed by atoms with Crippen LogP contribution in [0.3, 0.4) is 0 Å². The fourth-order valence-corrected chi connectivity index (χ4v) is 1.43. The summed E-state index contributed by atoms with van der Waals surface area (Å²) in [5.74, 6) is 0.446. The first-order valence-corrected chi connectivity index (χ1v) is 5.63. The van der Waals surface area contributed by atoms with Gasteiger partial charge in [0.05, 0.1) is 6.20 Å². The maximum atomic E-state index is 11.5. The molecule has 78 valence electrons. The van der Waals surface area contributed by atoms with Gasteiger partial charge in [-0.05, 0) is 19.8 Å². The molecular weight excluding hydrogens is 248 g/mol. The molecule has 1 aromatic heterocycles. The lowest BCUT2D eigenvalue weighted by Gasteiger charge is -2.01. The number of halogens is 1. The topological polar surface area (TPSA) is 55.1 Å². The van der Waals surface area contributed by atoms with Crippen molar-refractivity contribution in [3.8, 4) is 0 Å². The molecule has 0 atom stereocenters. The maximum Gasteiger partial charge on any atom is 0.256 e. The van der Waals surface area contributed by atoms with Gasteiger partial charge in [-0.15, -0.1) is 0 Å². The van der Waals surface area contributed by atoms with E-state index in [-0.39, 0.29) is 5.91 Å². The van der Waals surface area contributed by atoms with Crippen LogP contribution >= 0.6 is 15.9 Å². The average molecular weight is 261 g/mol. The second-order valence-electron chi connectivity index (χ2n) is 2.95. The zero-order valence-electron chi connectivity index (χ0n) is 8.05. The summed E-state index contributed by atoms with van der Waals surface area (Å²) in [4.78, 5) is 11.5. The van der Waals surface area contributed by atoms with Crippen LogP contribution in [0.2, 0.25) is 0 Å². The zero-order valence-corrected chi connectivity index (χ0v) is 9.63. The Morgan fingerprint density at radius 1 is 1.64 bits per heavy atom. The SMILES string of the molecule is Cc1oncc1C(=O)NCCCCBr. The van der Waals surface area contributed by atoms with E-state index in [0.717, 1.165) is 18.2 Å². The number of nitrogens with one attached hydrogen (secondary N) is 1. The molecule has 0 saturated carbocycles. The Hall–Kier alpha value is -0.840. The predicted molar refractivity (Wildman–Crippen MR) is 56.6 cm³/mol. The summed E-state index contributed by atoms with van der Waals surface area (Å²) in [5, 5.41) is 7.31. The molecule has 0 unspecified atom stereocenters. The number of alkyl halides is 1. The lowest BCUT2D eigenvalue weighted by Crippen LogP contribution is -2.24. The van der Waals surface area contributed by atoms with Gasteiger partial charge in [0.2, 0.25) is 0 Å². The number of rotatable bonds is 5. The summed E-state index contributed by atoms with van der Waals surface area (Å²) >= 11 is 3.33. The van der Waals surface area contributed by atoms with Crippen molar-refractivity contribution >= 4 is 21.8 Å². The third-order valence-corrected chi connectivity index (χ3v) is 2.40. The fourth-order valence-electron chi connectivity index (χ4n) is 1.03. The molecule has 0 aromatic carbocycles. The van der Waals surface area contributed by atoms with Gasteiger partial charge in [-0.2, -0.15) is 0 Å². The summed E-state index contributed by atoms with van der Waals surface area (Å²) in [5.41, 5.74) is 0.517. The first-order valence-electron chi connectivity index (χ1n) is 4.51. The van der Waals surface area contributed by atoms with E-state index in [1.807, 2.05) is 0 Å². The molecule has 14 heavy (non-hydrogen) atoms. The minimum atomic E-state index is -0.113. The minimum Gasteiger partial charge on any atom is -0.361 e. The van der Waals surface area contributed by atoms with Gasteiger partial charge in [0.25, 0.3) is 5.91 Å². The summed E-state index contributed by atoms with van der Waals surface area (Å²) in [6.45, 7) is 2.41. The van der Waals surface area contributed by atoms with Crippen LogP contribution in [0, 0.1) is 6.92 Å². The van der Waals surface area contributed by atoms with E-state index in [2.05, 4.69) is 26.4 Å². The van der Waals surface area contributed by atoms with Gasteiger partial charge in [0.1, 0.15) is 11.3 Å². The van der Waals surface area contributed by atoms with Gasteiger partial charge >= 0.3 is 0 Å². The van der Waals surface area contributed by atoms with E-state index in [0.29, 0.717) is 17.9 Å². The first-order chi connectivity index (χ1) is 6.75. The van der Waals surface area contributed by atoms with Gasteiger partial charge < -0.3 is 9.84 Å². The Balaban J connectivity index is 2.32. The molecule has 1 amide bonds. The van der Waals surface area contributed by atoms with E-state index in [9.17, 15) is 4.79 Å². The number of carbonyl (C=O) groups excluding carboxylic acids is 1. The van der Waals surface area contributed by atoms with Crippen LogP contribution in [-0.2, 0) is 0 Å². The monoisotopic (exact) mass is 260 g/mol. The molecule has 1 aromatic rings. The van der Waals surface area contributed by atoms with Gasteiger partial charge in [-0.3, -0.25) is 4.79 Å². The van der Waals surface area contributed by atoms with Crippen molar-refractivity contribution < 1.29 is 9.32 Å². The van der Waals surface area contributed by atoms with Crippen LogP contribution in [0.4, 0.5) is 0 Å². The standard InChI is InChI=1S/C9H13BrN2O2/c1-7-8(6-12-14-7)9(13)11-5-3-2-4-10/h6H,2-5H2,1H3,(H,11,13). The Bertz CT molecular complexity index is 299. The van der Waals surface area contributed by atoms with E-state index < -0.39 is 0 Å². The van der Waals surface area contributed by atoms with Crippen molar-refractivity contribution in [1.82, 2.24) is 10.5 Å². The van der Waals surface area contributed by atoms with E-state index >= 15 is 0 Å². The quantitative estimate of drug-likeness (QED) is 0.650. The number of hydrogen-bond acceptors (Lipinski definition) is 3. The Kier molecular flexibility index (Phi) is 4.65. The van der Waals surface area contributed by atoms with Crippen molar-refractivity contribution in [2.24, 2.45) is 0 Å². The number of aryl methyl sites for hydroxylation is 1. The molecule has 0 fully saturated rings. The van der Waals surface area contributed by atoms with Gasteiger partial charge in [-0.1, -0.05) is 21.1 Å². The highest BCUT2D eigenvalue weighted by molar-refractivity contribution is 9.09. The first kappa shape index (κ1) is 11.2. The smallest absolute Gasteiger partial charge is 0.256 e. The third-order valence-electron chi connectivity index (χ3n) is 1.84. The molecule has 0 aliphatic rings. The minimum absolute atomic E-state index is 0.113. The molecule has 0 aliphatic heterocycles. The van der Waals surface area contributed by atoms with Crippen LogP contribution in [0.15, 0.2) is 10.7 Å². The predicted octanol–water partition coefficient (Wildman–Crippen LogP) is 1.89. The number of amides is 1. The van der Waals surface area contributed by atoms with Crippen molar-refractivity contribution in [3.05, 3.63) is 17.5 Å². The maximum absolute atomic E-state index is 11.5. The Morgan fingerprint density at radius 3 is 3.00 bits per heavy atom. The summed E-state index contributed by atoms with van der Waals surface area (Å²) in [6.07, 6.45) is 3.47. The van der Waals surface area contributed by atoms with Crippen molar-refractivity contribution in [3.63, 3.8) is 0 Å². The molecule has 0 saturated heterocycles. The van der Waals surface area contributed by atoms with Gasteiger partial charge in [-0.25, -0.2) is 0 Å². The lowest BCUT2D eigenvalue weighted by molar-refractivity contribution is 0.0951. The highest BCUT2D eigenvalue weighted by Crippen LogP contribution is 2.05. The van der Waals surface area contributed by atoms with Crippen molar-refractivity contribution in [1.29, 1.82) is 0 Å². The fraction of sp³-hybridized carbons (Fsp3) is 0.556. The number of carbonyl (C=O) groups is 1. The van der Waals surface area contributed by atoms with Crippen LogP contribution in [0.1, 0.15) is 29.0 Å². The number of nitrogens with zero attached hydrogens (tertiary/aromatic N) is 1. The molecule has 1 heterocycles. The largest absolute Gasteiger partial charge is 0.361 e. The molecule has 5 heteroatoms. The third kappa shape index (κ3) is 3.14. The number of aromatic nitrogens is 1. The second kappa shape index (κ2) is 5.80.